The molecule has 0 aliphatic heterocycles. The van der Waals surface area contributed by atoms with Crippen molar-refractivity contribution in [2.45, 2.75) is 20.8 Å². The normalized spacial score (nSPS) is 10.7. The number of azo groups is 1. The maximum absolute atomic E-state index is 11.9. The van der Waals surface area contributed by atoms with Gasteiger partial charge in [-0.15, -0.1) is 5.11 Å². The van der Waals surface area contributed by atoms with E-state index in [4.69, 9.17) is 9.47 Å². The Kier molecular flexibility index (Phi) is 9.83. The molecule has 3 rings (SSSR count). The molecule has 0 spiro atoms. The number of nitrogens with one attached hydrogen (secondary N) is 1. The molecule has 37 heavy (non-hydrogen) atoms. The van der Waals surface area contributed by atoms with Gasteiger partial charge >= 0.3 is 11.9 Å². The number of rotatable bonds is 11. The molecule has 10 heteroatoms. The first kappa shape index (κ1) is 27.0. The molecule has 10 nitrogen and oxygen atoms in total. The van der Waals surface area contributed by atoms with Gasteiger partial charge < -0.3 is 19.7 Å². The third-order valence-electron chi connectivity index (χ3n) is 5.09. The number of aromatic nitrogens is 1. The second-order valence-electron chi connectivity index (χ2n) is 8.01. The molecule has 0 atom stereocenters. The van der Waals surface area contributed by atoms with Gasteiger partial charge in [0.1, 0.15) is 18.9 Å². The number of esters is 2. The number of benzene rings is 2. The van der Waals surface area contributed by atoms with Gasteiger partial charge in [0.2, 0.25) is 5.91 Å². The number of ether oxygens (including phenoxy) is 2. The smallest absolute Gasteiger partial charge is 0.302 e. The van der Waals surface area contributed by atoms with E-state index < -0.39 is 0 Å². The van der Waals surface area contributed by atoms with Gasteiger partial charge in [-0.3, -0.25) is 19.4 Å². The van der Waals surface area contributed by atoms with E-state index >= 15 is 0 Å². The Hall–Kier alpha value is -4.60. The first-order valence-electron chi connectivity index (χ1n) is 11.7. The number of amides is 1. The van der Waals surface area contributed by atoms with Crippen molar-refractivity contribution in [1.82, 2.24) is 4.98 Å². The Labute approximate surface area is 215 Å². The summed E-state index contributed by atoms with van der Waals surface area (Å²) in [6.07, 6.45) is 1.74. The molecule has 0 unspecified atom stereocenters. The molecule has 3 aromatic rings. The number of carbonyl (C=O) groups is 3. The highest BCUT2D eigenvalue weighted by molar-refractivity contribution is 5.93. The highest BCUT2D eigenvalue weighted by Gasteiger charge is 2.13. The highest BCUT2D eigenvalue weighted by atomic mass is 16.5. The van der Waals surface area contributed by atoms with E-state index in [-0.39, 0.29) is 31.1 Å². The summed E-state index contributed by atoms with van der Waals surface area (Å²) in [7, 11) is 0. The minimum atomic E-state index is -0.386. The van der Waals surface area contributed by atoms with Crippen molar-refractivity contribution in [3.05, 3.63) is 66.9 Å². The molecule has 0 fully saturated rings. The summed E-state index contributed by atoms with van der Waals surface area (Å²) < 4.78 is 10.1. The molecule has 0 radical (unpaired) electrons. The Morgan fingerprint density at radius 2 is 1.54 bits per heavy atom. The van der Waals surface area contributed by atoms with Crippen LogP contribution in [0.15, 0.2) is 77.1 Å². The zero-order valence-electron chi connectivity index (χ0n) is 21.0. The van der Waals surface area contributed by atoms with Gasteiger partial charge in [0.05, 0.1) is 30.2 Å². The molecular weight excluding hydrogens is 474 g/mol. The molecule has 0 aliphatic rings. The number of nitrogens with zero attached hydrogens (tertiary/aromatic N) is 4. The van der Waals surface area contributed by atoms with Crippen LogP contribution in [-0.4, -0.2) is 49.1 Å². The predicted octanol–water partition coefficient (Wildman–Crippen LogP) is 5.06. The van der Waals surface area contributed by atoms with Crippen molar-refractivity contribution in [2.24, 2.45) is 10.2 Å². The third-order valence-corrected chi connectivity index (χ3v) is 5.09. The first-order chi connectivity index (χ1) is 17.8. The third kappa shape index (κ3) is 8.84. The lowest BCUT2D eigenvalue weighted by molar-refractivity contribution is -0.141. The fourth-order valence-corrected chi connectivity index (χ4v) is 3.41. The van der Waals surface area contributed by atoms with Gasteiger partial charge in [-0.2, -0.15) is 5.11 Å². The highest BCUT2D eigenvalue weighted by Crippen LogP contribution is 2.32. The van der Waals surface area contributed by atoms with Crippen LogP contribution in [0.3, 0.4) is 0 Å². The summed E-state index contributed by atoms with van der Waals surface area (Å²) in [6.45, 7) is 5.12. The van der Waals surface area contributed by atoms with Gasteiger partial charge in [-0.25, -0.2) is 0 Å². The fourth-order valence-electron chi connectivity index (χ4n) is 3.41. The number of anilines is 2. The van der Waals surface area contributed by atoms with Crippen LogP contribution in [0.5, 0.6) is 0 Å². The van der Waals surface area contributed by atoms with E-state index in [1.54, 1.807) is 18.3 Å². The lowest BCUT2D eigenvalue weighted by Crippen LogP contribution is -2.32. The predicted molar refractivity (Wildman–Crippen MR) is 140 cm³/mol. The van der Waals surface area contributed by atoms with Gasteiger partial charge in [0.25, 0.3) is 0 Å². The monoisotopic (exact) mass is 503 g/mol. The van der Waals surface area contributed by atoms with E-state index in [0.717, 1.165) is 16.9 Å². The van der Waals surface area contributed by atoms with E-state index in [1.807, 2.05) is 53.4 Å². The van der Waals surface area contributed by atoms with E-state index in [2.05, 4.69) is 20.5 Å². The molecule has 1 N–H and O–H groups in total. The van der Waals surface area contributed by atoms with Crippen molar-refractivity contribution < 1.29 is 23.9 Å². The second kappa shape index (κ2) is 13.5. The largest absolute Gasteiger partial charge is 0.464 e. The van der Waals surface area contributed by atoms with Crippen molar-refractivity contribution >= 4 is 40.6 Å². The van der Waals surface area contributed by atoms with Gasteiger partial charge in [0, 0.05) is 38.2 Å². The lowest BCUT2D eigenvalue weighted by Gasteiger charge is -2.25. The van der Waals surface area contributed by atoms with Crippen LogP contribution in [0, 0.1) is 0 Å². The van der Waals surface area contributed by atoms with Crippen LogP contribution < -0.4 is 10.2 Å². The van der Waals surface area contributed by atoms with Gasteiger partial charge in [-0.05, 0) is 42.5 Å². The van der Waals surface area contributed by atoms with E-state index in [0.29, 0.717) is 30.2 Å². The summed E-state index contributed by atoms with van der Waals surface area (Å²) in [6, 6.07) is 18.5. The Morgan fingerprint density at radius 1 is 0.865 bits per heavy atom. The zero-order chi connectivity index (χ0) is 26.6. The Bertz CT molecular complexity index is 1230. The molecule has 192 valence electrons. The molecule has 0 aliphatic carbocycles. The SMILES string of the molecule is CC(=O)Nc1cc(N(CCOC(C)=O)CCOC(C)=O)ccc1N=Nc1ccc(-c2ccccn2)cc1. The van der Waals surface area contributed by atoms with E-state index in [1.165, 1.54) is 20.8 Å². The van der Waals surface area contributed by atoms with Crippen LogP contribution in [0.25, 0.3) is 11.3 Å². The number of carbonyl (C=O) groups excluding carboxylic acids is 3. The standard InChI is InChI=1S/C27H29N5O5/c1-19(33)29-27-18-24(32(14-16-36-20(2)34)15-17-37-21(3)35)11-12-26(27)31-30-23-9-7-22(8-10-23)25-6-4-5-13-28-25/h4-13,18H,14-17H2,1-3H3,(H,29,33). The summed E-state index contributed by atoms with van der Waals surface area (Å²) in [4.78, 5) is 40.5. The molecule has 0 saturated carbocycles. The maximum Gasteiger partial charge on any atom is 0.302 e. The van der Waals surface area contributed by atoms with Crippen molar-refractivity contribution in [3.63, 3.8) is 0 Å². The lowest BCUT2D eigenvalue weighted by atomic mass is 10.1. The molecule has 0 saturated heterocycles. The molecule has 1 aromatic heterocycles. The summed E-state index contributed by atoms with van der Waals surface area (Å²) >= 11 is 0. The average molecular weight is 504 g/mol. The van der Waals surface area contributed by atoms with Crippen molar-refractivity contribution in [3.8, 4) is 11.3 Å². The molecule has 0 bridgehead atoms. The Balaban J connectivity index is 1.81. The van der Waals surface area contributed by atoms with Crippen LogP contribution in [0.4, 0.5) is 22.7 Å². The second-order valence-corrected chi connectivity index (χ2v) is 8.01. The zero-order valence-corrected chi connectivity index (χ0v) is 21.0. The summed E-state index contributed by atoms with van der Waals surface area (Å²) in [5.41, 5.74) is 4.12. The number of pyridine rings is 1. The van der Waals surface area contributed by atoms with Crippen molar-refractivity contribution in [2.75, 3.05) is 36.5 Å². The molecule has 2 aromatic carbocycles. The average Bonchev–Trinajstić information content (AvgIpc) is 2.87. The quantitative estimate of drug-likeness (QED) is 0.287. The van der Waals surface area contributed by atoms with Crippen LogP contribution in [0.1, 0.15) is 20.8 Å². The summed E-state index contributed by atoms with van der Waals surface area (Å²) in [5, 5.41) is 11.4. The first-order valence-corrected chi connectivity index (χ1v) is 11.7. The molecule has 1 heterocycles. The van der Waals surface area contributed by atoms with Gasteiger partial charge in [0.15, 0.2) is 0 Å². The molecule has 1 amide bonds. The van der Waals surface area contributed by atoms with Crippen LogP contribution in [0.2, 0.25) is 0 Å². The number of hydrogen-bond donors (Lipinski definition) is 1. The van der Waals surface area contributed by atoms with Gasteiger partial charge in [-0.1, -0.05) is 18.2 Å². The minimum absolute atomic E-state index is 0.154. The van der Waals surface area contributed by atoms with Crippen LogP contribution >= 0.6 is 0 Å². The maximum atomic E-state index is 11.9. The summed E-state index contributed by atoms with van der Waals surface area (Å²) in [5.74, 6) is -1.04. The number of hydrogen-bond acceptors (Lipinski definition) is 9. The topological polar surface area (TPSA) is 123 Å². The van der Waals surface area contributed by atoms with Crippen LogP contribution in [-0.2, 0) is 23.9 Å². The van der Waals surface area contributed by atoms with Crippen molar-refractivity contribution in [1.29, 1.82) is 0 Å². The fraction of sp³-hybridized carbons (Fsp3) is 0.259. The van der Waals surface area contributed by atoms with E-state index in [9.17, 15) is 14.4 Å². The molecular formula is C27H29N5O5. The minimum Gasteiger partial charge on any atom is -0.464 e. The Morgan fingerprint density at radius 3 is 2.11 bits per heavy atom.